The fourth-order valence-electron chi connectivity index (χ4n) is 1.35. The van der Waals surface area contributed by atoms with Gasteiger partial charge in [-0.1, -0.05) is 11.2 Å². The van der Waals surface area contributed by atoms with Crippen molar-refractivity contribution in [1.82, 2.24) is 10.1 Å². The predicted octanol–water partition coefficient (Wildman–Crippen LogP) is 1.55. The van der Waals surface area contributed by atoms with Crippen LogP contribution in [0.15, 0.2) is 28.8 Å². The zero-order chi connectivity index (χ0) is 13.3. The molecule has 0 spiro atoms. The van der Waals surface area contributed by atoms with E-state index in [0.29, 0.717) is 5.56 Å². The molecule has 1 unspecified atom stereocenters. The Hall–Kier alpha value is -1.89. The molecule has 0 bridgehead atoms. The number of nitrogens with zero attached hydrogens (tertiary/aromatic N) is 2. The number of aromatic hydroxyl groups is 1. The Morgan fingerprint density at radius 3 is 2.72 bits per heavy atom. The topological polar surface area (TPSA) is 93.3 Å². The maximum Gasteiger partial charge on any atom is 0.258 e. The van der Waals surface area contributed by atoms with Crippen LogP contribution in [0.25, 0.3) is 11.5 Å². The molecule has 0 amide bonds. The Bertz CT molecular complexity index is 663. The van der Waals surface area contributed by atoms with Gasteiger partial charge in [0.05, 0.1) is 0 Å². The Balaban J connectivity index is 2.37. The highest BCUT2D eigenvalue weighted by Crippen LogP contribution is 2.24. The molecule has 18 heavy (non-hydrogen) atoms. The summed E-state index contributed by atoms with van der Waals surface area (Å²) >= 11 is 0. The van der Waals surface area contributed by atoms with Gasteiger partial charge in [-0.15, -0.1) is 0 Å². The van der Waals surface area contributed by atoms with Crippen LogP contribution < -0.4 is 0 Å². The molecular weight excluding hydrogens is 256 g/mol. The van der Waals surface area contributed by atoms with Crippen molar-refractivity contribution in [3.63, 3.8) is 0 Å². The second-order valence-electron chi connectivity index (χ2n) is 3.98. The molecule has 0 fully saturated rings. The lowest BCUT2D eigenvalue weighted by Crippen LogP contribution is -2.09. The fourth-order valence-corrected chi connectivity index (χ4v) is 1.83. The first-order chi connectivity index (χ1) is 8.38. The van der Waals surface area contributed by atoms with Gasteiger partial charge in [0.15, 0.2) is 15.7 Å². The van der Waals surface area contributed by atoms with E-state index in [4.69, 9.17) is 4.52 Å². The number of sulfone groups is 1. The average molecular weight is 268 g/mol. The van der Waals surface area contributed by atoms with Crippen molar-refractivity contribution < 1.29 is 18.0 Å². The van der Waals surface area contributed by atoms with Gasteiger partial charge in [0.25, 0.3) is 5.89 Å². The Morgan fingerprint density at radius 2 is 2.11 bits per heavy atom. The normalized spacial score (nSPS) is 13.4. The van der Waals surface area contributed by atoms with Gasteiger partial charge in [0.2, 0.25) is 0 Å². The number of rotatable bonds is 3. The van der Waals surface area contributed by atoms with Crippen molar-refractivity contribution in [1.29, 1.82) is 0 Å². The lowest BCUT2D eigenvalue weighted by molar-refractivity contribution is 0.421. The standard InChI is InChI=1S/C11H12N2O4S/c1-7(18(2,15)16)10-12-11(17-13-10)8-4-3-5-9(14)6-8/h3-7,14H,1-2H3. The van der Waals surface area contributed by atoms with Crippen LogP contribution in [0.2, 0.25) is 0 Å². The molecule has 0 aliphatic carbocycles. The van der Waals surface area contributed by atoms with Crippen LogP contribution in [-0.4, -0.2) is 29.9 Å². The molecule has 0 saturated carbocycles. The molecule has 6 nitrogen and oxygen atoms in total. The van der Waals surface area contributed by atoms with Crippen LogP contribution in [-0.2, 0) is 9.84 Å². The maximum absolute atomic E-state index is 11.4. The van der Waals surface area contributed by atoms with Crippen molar-refractivity contribution in [2.75, 3.05) is 6.26 Å². The second-order valence-corrected chi connectivity index (χ2v) is 6.35. The van der Waals surface area contributed by atoms with Gasteiger partial charge in [-0.05, 0) is 25.1 Å². The quantitative estimate of drug-likeness (QED) is 0.907. The Kier molecular flexibility index (Phi) is 3.08. The highest BCUT2D eigenvalue weighted by atomic mass is 32.2. The average Bonchev–Trinajstić information content (AvgIpc) is 2.75. The maximum atomic E-state index is 11.4. The lowest BCUT2D eigenvalue weighted by atomic mass is 10.2. The third kappa shape index (κ3) is 2.51. The molecule has 2 aromatic rings. The van der Waals surface area contributed by atoms with E-state index < -0.39 is 15.1 Å². The Labute approximate surface area is 104 Å². The van der Waals surface area contributed by atoms with Gasteiger partial charge < -0.3 is 9.63 Å². The largest absolute Gasteiger partial charge is 0.508 e. The van der Waals surface area contributed by atoms with E-state index in [0.717, 1.165) is 6.26 Å². The van der Waals surface area contributed by atoms with Gasteiger partial charge >= 0.3 is 0 Å². The number of hydrogen-bond acceptors (Lipinski definition) is 6. The highest BCUT2D eigenvalue weighted by molar-refractivity contribution is 7.90. The molecule has 7 heteroatoms. The van der Waals surface area contributed by atoms with Gasteiger partial charge in [-0.25, -0.2) is 8.42 Å². The molecule has 96 valence electrons. The zero-order valence-electron chi connectivity index (χ0n) is 9.86. The third-order valence-electron chi connectivity index (χ3n) is 2.54. The van der Waals surface area contributed by atoms with Crippen LogP contribution in [0, 0.1) is 0 Å². The minimum Gasteiger partial charge on any atom is -0.508 e. The van der Waals surface area contributed by atoms with Gasteiger partial charge in [-0.2, -0.15) is 4.98 Å². The van der Waals surface area contributed by atoms with Crippen molar-refractivity contribution in [2.45, 2.75) is 12.2 Å². The summed E-state index contributed by atoms with van der Waals surface area (Å²) in [6, 6.07) is 6.29. The summed E-state index contributed by atoms with van der Waals surface area (Å²) in [7, 11) is -3.27. The summed E-state index contributed by atoms with van der Waals surface area (Å²) in [5.41, 5.74) is 0.537. The van der Waals surface area contributed by atoms with E-state index in [1.807, 2.05) is 0 Å². The van der Waals surface area contributed by atoms with Crippen LogP contribution in [0.3, 0.4) is 0 Å². The van der Waals surface area contributed by atoms with E-state index in [-0.39, 0.29) is 17.5 Å². The smallest absolute Gasteiger partial charge is 0.258 e. The molecule has 1 aromatic carbocycles. The van der Waals surface area contributed by atoms with Gasteiger partial charge in [0.1, 0.15) is 11.0 Å². The number of aromatic nitrogens is 2. The van der Waals surface area contributed by atoms with E-state index >= 15 is 0 Å². The van der Waals surface area contributed by atoms with Crippen molar-refractivity contribution >= 4 is 9.84 Å². The third-order valence-corrected chi connectivity index (χ3v) is 4.04. The monoisotopic (exact) mass is 268 g/mol. The summed E-state index contributed by atoms with van der Waals surface area (Å²) in [4.78, 5) is 4.02. The van der Waals surface area contributed by atoms with E-state index in [1.54, 1.807) is 12.1 Å². The van der Waals surface area contributed by atoms with Crippen LogP contribution in [0.5, 0.6) is 5.75 Å². The molecular formula is C11H12N2O4S. The van der Waals surface area contributed by atoms with Crippen LogP contribution in [0.1, 0.15) is 18.0 Å². The SMILES string of the molecule is CC(c1noc(-c2cccc(O)c2)n1)S(C)(=O)=O. The van der Waals surface area contributed by atoms with E-state index in [2.05, 4.69) is 10.1 Å². The summed E-state index contributed by atoms with van der Waals surface area (Å²) in [6.45, 7) is 1.49. The van der Waals surface area contributed by atoms with E-state index in [9.17, 15) is 13.5 Å². The predicted molar refractivity (Wildman–Crippen MR) is 64.7 cm³/mol. The molecule has 1 aromatic heterocycles. The lowest BCUT2D eigenvalue weighted by Gasteiger charge is -2.01. The molecule has 2 rings (SSSR count). The molecule has 0 radical (unpaired) electrons. The van der Waals surface area contributed by atoms with Crippen LogP contribution >= 0.6 is 0 Å². The summed E-state index contributed by atoms with van der Waals surface area (Å²) < 4.78 is 27.7. The summed E-state index contributed by atoms with van der Waals surface area (Å²) in [5, 5.41) is 12.1. The van der Waals surface area contributed by atoms with Gasteiger partial charge in [0, 0.05) is 11.8 Å². The first-order valence-electron chi connectivity index (χ1n) is 5.20. The highest BCUT2D eigenvalue weighted by Gasteiger charge is 2.23. The minimum atomic E-state index is -3.27. The minimum absolute atomic E-state index is 0.0726. The molecule has 0 aliphatic rings. The van der Waals surface area contributed by atoms with Crippen molar-refractivity contribution in [2.24, 2.45) is 0 Å². The number of hydrogen-bond donors (Lipinski definition) is 1. The first-order valence-corrected chi connectivity index (χ1v) is 7.15. The molecule has 1 heterocycles. The number of phenols is 1. The van der Waals surface area contributed by atoms with Crippen molar-refractivity contribution in [3.8, 4) is 17.2 Å². The molecule has 0 aliphatic heterocycles. The summed E-state index contributed by atoms with van der Waals surface area (Å²) in [5.74, 6) is 0.357. The molecule has 1 N–H and O–H groups in total. The van der Waals surface area contributed by atoms with Crippen molar-refractivity contribution in [3.05, 3.63) is 30.1 Å². The fraction of sp³-hybridized carbons (Fsp3) is 0.273. The van der Waals surface area contributed by atoms with Crippen LogP contribution in [0.4, 0.5) is 0 Å². The second kappa shape index (κ2) is 4.41. The molecule has 1 atom stereocenters. The molecule has 0 saturated heterocycles. The number of benzene rings is 1. The number of phenolic OH excluding ortho intramolecular Hbond substituents is 1. The van der Waals surface area contributed by atoms with Gasteiger partial charge in [-0.3, -0.25) is 0 Å². The zero-order valence-corrected chi connectivity index (χ0v) is 10.7. The Morgan fingerprint density at radius 1 is 1.39 bits per heavy atom. The summed E-state index contributed by atoms with van der Waals surface area (Å²) in [6.07, 6.45) is 1.11. The first kappa shape index (κ1) is 12.6. The van der Waals surface area contributed by atoms with E-state index in [1.165, 1.54) is 19.1 Å².